The number of methoxy groups -OCH3 is 2. The van der Waals surface area contributed by atoms with Gasteiger partial charge < -0.3 is 14.0 Å². The Morgan fingerprint density at radius 2 is 1.76 bits per heavy atom. The Kier molecular flexibility index (Phi) is 7.30. The highest BCUT2D eigenvalue weighted by molar-refractivity contribution is 7.98. The maximum Gasteiger partial charge on any atom is 0.337 e. The van der Waals surface area contributed by atoms with Crippen LogP contribution < -0.4 is 4.74 Å². The maximum absolute atomic E-state index is 11.6. The number of carbonyl (C=O) groups excluding carboxylic acids is 1. The number of ether oxygens (including phenoxy) is 2. The summed E-state index contributed by atoms with van der Waals surface area (Å²) in [6, 6.07) is 15.3. The molecule has 0 atom stereocenters. The number of carbonyl (C=O) groups is 1. The highest BCUT2D eigenvalue weighted by Gasteiger charge is 2.14. The van der Waals surface area contributed by atoms with Gasteiger partial charge in [-0.15, -0.1) is 10.2 Å². The quantitative estimate of drug-likeness (QED) is 0.371. The van der Waals surface area contributed by atoms with Crippen molar-refractivity contribution in [3.05, 3.63) is 59.7 Å². The summed E-state index contributed by atoms with van der Waals surface area (Å²) < 4.78 is 12.2. The Balaban J connectivity index is 1.77. The summed E-state index contributed by atoms with van der Waals surface area (Å²) in [6.45, 7) is 3.04. The van der Waals surface area contributed by atoms with E-state index in [9.17, 15) is 4.79 Å². The smallest absolute Gasteiger partial charge is 0.337 e. The number of hydrogen-bond donors (Lipinski definition) is 0. The average Bonchev–Trinajstić information content (AvgIpc) is 3.18. The van der Waals surface area contributed by atoms with Gasteiger partial charge in [0.1, 0.15) is 5.75 Å². The number of benzene rings is 2. The third kappa shape index (κ3) is 5.17. The van der Waals surface area contributed by atoms with Crippen LogP contribution in [-0.4, -0.2) is 35.0 Å². The van der Waals surface area contributed by atoms with Gasteiger partial charge in [0.25, 0.3) is 0 Å². The molecule has 0 saturated carbocycles. The van der Waals surface area contributed by atoms with Gasteiger partial charge in [0, 0.05) is 17.9 Å². The summed E-state index contributed by atoms with van der Waals surface area (Å²) in [6.07, 6.45) is 2.15. The van der Waals surface area contributed by atoms with Crippen LogP contribution in [0.15, 0.2) is 53.7 Å². The fraction of sp³-hybridized carbons (Fsp3) is 0.318. The Morgan fingerprint density at radius 1 is 1.03 bits per heavy atom. The topological polar surface area (TPSA) is 66.2 Å². The molecular weight excluding hydrogens is 386 g/mol. The molecule has 3 aromatic rings. The number of aromatic nitrogens is 3. The standard InChI is InChI=1S/C22H25N3O3S/c1-4-5-14-25-20(17-10-12-19(27-2)13-11-17)23-24-22(25)29-15-16-6-8-18(9-7-16)21(26)28-3/h6-13H,4-5,14-15H2,1-3H3. The number of esters is 1. The molecule has 152 valence electrons. The van der Waals surface area contributed by atoms with Gasteiger partial charge in [0.2, 0.25) is 0 Å². The van der Waals surface area contributed by atoms with Crippen molar-refractivity contribution < 1.29 is 14.3 Å². The van der Waals surface area contributed by atoms with Crippen molar-refractivity contribution in [2.45, 2.75) is 37.2 Å². The van der Waals surface area contributed by atoms with Crippen LogP contribution in [0.1, 0.15) is 35.7 Å². The van der Waals surface area contributed by atoms with Crippen LogP contribution in [0.5, 0.6) is 5.75 Å². The van der Waals surface area contributed by atoms with Crippen molar-refractivity contribution in [1.82, 2.24) is 14.8 Å². The van der Waals surface area contributed by atoms with Gasteiger partial charge in [-0.2, -0.15) is 0 Å². The lowest BCUT2D eigenvalue weighted by molar-refractivity contribution is 0.0600. The zero-order chi connectivity index (χ0) is 20.6. The Hall–Kier alpha value is -2.80. The maximum atomic E-state index is 11.6. The van der Waals surface area contributed by atoms with E-state index >= 15 is 0 Å². The molecule has 0 N–H and O–H groups in total. The van der Waals surface area contributed by atoms with Crippen LogP contribution in [0, 0.1) is 0 Å². The van der Waals surface area contributed by atoms with Crippen molar-refractivity contribution in [2.24, 2.45) is 0 Å². The Bertz CT molecular complexity index is 937. The highest BCUT2D eigenvalue weighted by atomic mass is 32.2. The first kappa shape index (κ1) is 20.9. The molecule has 0 fully saturated rings. The summed E-state index contributed by atoms with van der Waals surface area (Å²) in [4.78, 5) is 11.6. The lowest BCUT2D eigenvalue weighted by atomic mass is 10.1. The molecule has 29 heavy (non-hydrogen) atoms. The number of unbranched alkanes of at least 4 members (excludes halogenated alkanes) is 1. The minimum absolute atomic E-state index is 0.326. The summed E-state index contributed by atoms with van der Waals surface area (Å²) in [5.41, 5.74) is 2.68. The Morgan fingerprint density at radius 3 is 2.38 bits per heavy atom. The van der Waals surface area contributed by atoms with Crippen molar-refractivity contribution in [2.75, 3.05) is 14.2 Å². The van der Waals surface area contributed by atoms with Gasteiger partial charge in [-0.1, -0.05) is 37.2 Å². The van der Waals surface area contributed by atoms with E-state index in [0.717, 1.165) is 53.0 Å². The molecule has 0 aliphatic rings. The third-order valence-corrected chi connectivity index (χ3v) is 5.58. The number of nitrogens with zero attached hydrogens (tertiary/aromatic N) is 3. The van der Waals surface area contributed by atoms with E-state index in [0.29, 0.717) is 5.56 Å². The zero-order valence-electron chi connectivity index (χ0n) is 16.9. The third-order valence-electron chi connectivity index (χ3n) is 4.54. The second kappa shape index (κ2) is 10.1. The summed E-state index contributed by atoms with van der Waals surface area (Å²) in [7, 11) is 3.04. The minimum atomic E-state index is -0.326. The first-order valence-corrected chi connectivity index (χ1v) is 10.5. The van der Waals surface area contributed by atoms with E-state index < -0.39 is 0 Å². The van der Waals surface area contributed by atoms with Crippen LogP contribution in [-0.2, 0) is 17.0 Å². The largest absolute Gasteiger partial charge is 0.497 e. The predicted octanol–water partition coefficient (Wildman–Crippen LogP) is 4.83. The lowest BCUT2D eigenvalue weighted by Crippen LogP contribution is -2.03. The lowest BCUT2D eigenvalue weighted by Gasteiger charge is -2.10. The molecule has 6 nitrogen and oxygen atoms in total. The van der Waals surface area contributed by atoms with Gasteiger partial charge >= 0.3 is 5.97 Å². The molecule has 0 bridgehead atoms. The normalized spacial score (nSPS) is 10.7. The molecule has 0 amide bonds. The van der Waals surface area contributed by atoms with Crippen LogP contribution >= 0.6 is 11.8 Å². The molecule has 0 aliphatic carbocycles. The van der Waals surface area contributed by atoms with Crippen LogP contribution in [0.3, 0.4) is 0 Å². The molecular formula is C22H25N3O3S. The number of thioether (sulfide) groups is 1. The van der Waals surface area contributed by atoms with Gasteiger partial charge in [0.15, 0.2) is 11.0 Å². The summed E-state index contributed by atoms with van der Waals surface area (Å²) in [5, 5.41) is 9.77. The summed E-state index contributed by atoms with van der Waals surface area (Å²) >= 11 is 1.64. The molecule has 7 heteroatoms. The van der Waals surface area contributed by atoms with E-state index in [1.165, 1.54) is 7.11 Å². The van der Waals surface area contributed by atoms with Gasteiger partial charge in [0.05, 0.1) is 19.8 Å². The van der Waals surface area contributed by atoms with E-state index in [1.807, 2.05) is 36.4 Å². The van der Waals surface area contributed by atoms with Gasteiger partial charge in [-0.05, 0) is 48.4 Å². The molecule has 0 radical (unpaired) electrons. The number of hydrogen-bond acceptors (Lipinski definition) is 6. The van der Waals surface area contributed by atoms with E-state index in [2.05, 4.69) is 21.7 Å². The second-order valence-corrected chi connectivity index (χ2v) is 7.46. The molecule has 0 spiro atoms. The van der Waals surface area contributed by atoms with Gasteiger partial charge in [-0.3, -0.25) is 0 Å². The van der Waals surface area contributed by atoms with Crippen molar-refractivity contribution >= 4 is 17.7 Å². The minimum Gasteiger partial charge on any atom is -0.497 e. The summed E-state index contributed by atoms with van der Waals surface area (Å²) in [5.74, 6) is 2.10. The monoisotopic (exact) mass is 411 g/mol. The van der Waals surface area contributed by atoms with Crippen LogP contribution in [0.25, 0.3) is 11.4 Å². The van der Waals surface area contributed by atoms with E-state index in [4.69, 9.17) is 9.47 Å². The number of rotatable bonds is 9. The molecule has 1 aromatic heterocycles. The SMILES string of the molecule is CCCCn1c(SCc2ccc(C(=O)OC)cc2)nnc1-c1ccc(OC)cc1. The van der Waals surface area contributed by atoms with Gasteiger partial charge in [-0.25, -0.2) is 4.79 Å². The molecule has 0 unspecified atom stereocenters. The van der Waals surface area contributed by atoms with Crippen molar-refractivity contribution in [3.8, 4) is 17.1 Å². The molecule has 1 heterocycles. The Labute approximate surface area is 175 Å². The zero-order valence-corrected chi connectivity index (χ0v) is 17.7. The van der Waals surface area contributed by atoms with Crippen molar-refractivity contribution in [1.29, 1.82) is 0 Å². The fourth-order valence-electron chi connectivity index (χ4n) is 2.87. The van der Waals surface area contributed by atoms with Crippen LogP contribution in [0.4, 0.5) is 0 Å². The first-order chi connectivity index (χ1) is 14.2. The fourth-order valence-corrected chi connectivity index (χ4v) is 3.79. The first-order valence-electron chi connectivity index (χ1n) is 9.54. The van der Waals surface area contributed by atoms with E-state index in [-0.39, 0.29) is 5.97 Å². The predicted molar refractivity (Wildman–Crippen MR) is 114 cm³/mol. The van der Waals surface area contributed by atoms with Crippen molar-refractivity contribution in [3.63, 3.8) is 0 Å². The molecule has 2 aromatic carbocycles. The molecule has 3 rings (SSSR count). The second-order valence-electron chi connectivity index (χ2n) is 6.52. The molecule has 0 aliphatic heterocycles. The highest BCUT2D eigenvalue weighted by Crippen LogP contribution is 2.28. The van der Waals surface area contributed by atoms with E-state index in [1.54, 1.807) is 31.0 Å². The molecule has 0 saturated heterocycles. The average molecular weight is 412 g/mol. The van der Waals surface area contributed by atoms with Crippen LogP contribution in [0.2, 0.25) is 0 Å².